The van der Waals surface area contributed by atoms with E-state index >= 15 is 0 Å². The van der Waals surface area contributed by atoms with Crippen molar-refractivity contribution in [2.45, 2.75) is 90.3 Å². The van der Waals surface area contributed by atoms with Crippen molar-refractivity contribution >= 4 is 8.24 Å². The second-order valence-corrected chi connectivity index (χ2v) is 10.4. The molecular weight excluding hydrogens is 210 g/mol. The number of hydrogen-bond donors (Lipinski definition) is 1. The summed E-state index contributed by atoms with van der Waals surface area (Å²) < 4.78 is 0. The van der Waals surface area contributed by atoms with Crippen molar-refractivity contribution in [2.24, 2.45) is 5.40 Å². The summed E-state index contributed by atoms with van der Waals surface area (Å²) in [7, 11) is -1.25. The molecule has 0 heterocycles. The van der Waals surface area contributed by atoms with Gasteiger partial charge in [-0.25, -0.2) is 0 Å². The van der Waals surface area contributed by atoms with Crippen LogP contribution in [0.15, 0.2) is 0 Å². The first-order valence-electron chi connectivity index (χ1n) is 7.35. The number of hydrogen-bond acceptors (Lipinski definition) is 1. The van der Waals surface area contributed by atoms with Crippen LogP contribution in [0.5, 0.6) is 0 Å². The topological polar surface area (TPSA) is 26.0 Å². The minimum Gasteiger partial charge on any atom is -0.351 e. The molecule has 0 amide bonds. The standard InChI is InChI=1S/C14H33NSi/c1-4-5-6-7-8-9-10-11-12-13-14-16(2,3)15/h4-15H2,1-3H3. The zero-order chi connectivity index (χ0) is 12.3. The summed E-state index contributed by atoms with van der Waals surface area (Å²) in [6.07, 6.45) is 14.2. The lowest BCUT2D eigenvalue weighted by molar-refractivity contribution is 0.561. The molecule has 0 aromatic heterocycles. The molecule has 0 fully saturated rings. The van der Waals surface area contributed by atoms with Gasteiger partial charge in [-0.2, -0.15) is 0 Å². The van der Waals surface area contributed by atoms with E-state index < -0.39 is 8.24 Å². The van der Waals surface area contributed by atoms with Crippen LogP contribution in [0.2, 0.25) is 19.1 Å². The predicted molar refractivity (Wildman–Crippen MR) is 78.3 cm³/mol. The minimum absolute atomic E-state index is 1.25. The Morgan fingerprint density at radius 3 is 1.44 bits per heavy atom. The molecule has 0 aliphatic heterocycles. The van der Waals surface area contributed by atoms with Crippen LogP contribution in [-0.2, 0) is 0 Å². The summed E-state index contributed by atoms with van der Waals surface area (Å²) in [5.74, 6) is 0. The van der Waals surface area contributed by atoms with Crippen LogP contribution in [0.4, 0.5) is 0 Å². The van der Waals surface area contributed by atoms with Gasteiger partial charge in [-0.05, 0) is 6.04 Å². The molecule has 0 saturated heterocycles. The Hall–Kier alpha value is 0.177. The van der Waals surface area contributed by atoms with Crippen molar-refractivity contribution in [3.05, 3.63) is 0 Å². The van der Waals surface area contributed by atoms with E-state index in [1.807, 2.05) is 0 Å². The molecule has 0 aliphatic carbocycles. The summed E-state index contributed by atoms with van der Waals surface area (Å²) in [6.45, 7) is 6.81. The normalized spacial score (nSPS) is 12.0. The maximum absolute atomic E-state index is 6.08. The lowest BCUT2D eigenvalue weighted by Crippen LogP contribution is -2.37. The Kier molecular flexibility index (Phi) is 10.5. The maximum Gasteiger partial charge on any atom is 0.116 e. The largest absolute Gasteiger partial charge is 0.351 e. The minimum atomic E-state index is -1.25. The van der Waals surface area contributed by atoms with Gasteiger partial charge in [0.25, 0.3) is 0 Å². The van der Waals surface area contributed by atoms with Crippen LogP contribution < -0.4 is 5.40 Å². The molecule has 0 rings (SSSR count). The fourth-order valence-electron chi connectivity index (χ4n) is 2.07. The van der Waals surface area contributed by atoms with Crippen LogP contribution >= 0.6 is 0 Å². The van der Waals surface area contributed by atoms with Gasteiger partial charge in [-0.15, -0.1) is 0 Å². The highest BCUT2D eigenvalue weighted by atomic mass is 28.3. The lowest BCUT2D eigenvalue weighted by atomic mass is 10.1. The summed E-state index contributed by atoms with van der Waals surface area (Å²) in [5.41, 5.74) is 0. The van der Waals surface area contributed by atoms with E-state index in [2.05, 4.69) is 20.0 Å². The van der Waals surface area contributed by atoms with Crippen molar-refractivity contribution in [1.82, 2.24) is 0 Å². The predicted octanol–water partition coefficient (Wildman–Crippen LogP) is 5.07. The van der Waals surface area contributed by atoms with E-state index in [0.717, 1.165) is 0 Å². The third kappa shape index (κ3) is 14.2. The second-order valence-electron chi connectivity index (χ2n) is 5.92. The molecule has 0 unspecified atom stereocenters. The lowest BCUT2D eigenvalue weighted by Gasteiger charge is -2.14. The zero-order valence-electron chi connectivity index (χ0n) is 11.9. The highest BCUT2D eigenvalue weighted by molar-refractivity contribution is 6.74. The van der Waals surface area contributed by atoms with Gasteiger partial charge in [0.1, 0.15) is 8.24 Å². The molecule has 16 heavy (non-hydrogen) atoms. The summed E-state index contributed by atoms with van der Waals surface area (Å²) in [4.78, 5) is 0. The molecule has 0 aromatic carbocycles. The quantitative estimate of drug-likeness (QED) is 0.398. The first kappa shape index (κ1) is 16.2. The Morgan fingerprint density at radius 2 is 1.06 bits per heavy atom. The Morgan fingerprint density at radius 1 is 0.688 bits per heavy atom. The molecule has 98 valence electrons. The molecule has 0 aromatic rings. The van der Waals surface area contributed by atoms with E-state index in [9.17, 15) is 0 Å². The van der Waals surface area contributed by atoms with Crippen molar-refractivity contribution in [3.8, 4) is 0 Å². The third-order valence-electron chi connectivity index (χ3n) is 3.17. The van der Waals surface area contributed by atoms with Crippen LogP contribution in [-0.4, -0.2) is 8.24 Å². The van der Waals surface area contributed by atoms with E-state index in [-0.39, 0.29) is 0 Å². The SMILES string of the molecule is CCCCCCCCCCCC[Si](C)(C)N. The molecular formula is C14H33NSi. The first-order chi connectivity index (χ1) is 7.56. The average molecular weight is 244 g/mol. The first-order valence-corrected chi connectivity index (χ1v) is 10.6. The Labute approximate surface area is 104 Å². The smallest absolute Gasteiger partial charge is 0.116 e. The molecule has 0 aliphatic rings. The van der Waals surface area contributed by atoms with Crippen LogP contribution in [0.3, 0.4) is 0 Å². The average Bonchev–Trinajstić information content (AvgIpc) is 2.19. The van der Waals surface area contributed by atoms with Crippen molar-refractivity contribution in [2.75, 3.05) is 0 Å². The molecule has 2 heteroatoms. The number of nitrogens with two attached hydrogens (primary N) is 1. The van der Waals surface area contributed by atoms with Gasteiger partial charge in [0, 0.05) is 0 Å². The van der Waals surface area contributed by atoms with Gasteiger partial charge in [0.05, 0.1) is 0 Å². The monoisotopic (exact) mass is 243 g/mol. The summed E-state index contributed by atoms with van der Waals surface area (Å²) in [5, 5.41) is 6.08. The highest BCUT2D eigenvalue weighted by Crippen LogP contribution is 2.13. The fourth-order valence-corrected chi connectivity index (χ4v) is 3.23. The van der Waals surface area contributed by atoms with E-state index in [0.29, 0.717) is 0 Å². The molecule has 0 atom stereocenters. The molecule has 0 bridgehead atoms. The van der Waals surface area contributed by atoms with Gasteiger partial charge < -0.3 is 5.40 Å². The zero-order valence-corrected chi connectivity index (χ0v) is 12.9. The van der Waals surface area contributed by atoms with E-state index in [1.54, 1.807) is 0 Å². The van der Waals surface area contributed by atoms with Gasteiger partial charge in [0.15, 0.2) is 0 Å². The fraction of sp³-hybridized carbons (Fsp3) is 1.00. The van der Waals surface area contributed by atoms with Gasteiger partial charge in [-0.3, -0.25) is 0 Å². The highest BCUT2D eigenvalue weighted by Gasteiger charge is 2.12. The van der Waals surface area contributed by atoms with Gasteiger partial charge >= 0.3 is 0 Å². The molecule has 0 radical (unpaired) electrons. The second kappa shape index (κ2) is 10.3. The summed E-state index contributed by atoms with van der Waals surface area (Å²) in [6, 6.07) is 1.31. The molecule has 0 spiro atoms. The van der Waals surface area contributed by atoms with E-state index in [1.165, 1.54) is 70.3 Å². The number of unbranched alkanes of at least 4 members (excludes halogenated alkanes) is 9. The van der Waals surface area contributed by atoms with Gasteiger partial charge in [0.2, 0.25) is 0 Å². The Balaban J connectivity index is 2.99. The van der Waals surface area contributed by atoms with Crippen molar-refractivity contribution in [1.29, 1.82) is 0 Å². The van der Waals surface area contributed by atoms with E-state index in [4.69, 9.17) is 5.40 Å². The van der Waals surface area contributed by atoms with Crippen LogP contribution in [0.1, 0.15) is 71.1 Å². The third-order valence-corrected chi connectivity index (χ3v) is 4.82. The maximum atomic E-state index is 6.08. The molecule has 1 nitrogen and oxygen atoms in total. The Bertz CT molecular complexity index is 140. The summed E-state index contributed by atoms with van der Waals surface area (Å²) >= 11 is 0. The van der Waals surface area contributed by atoms with Crippen molar-refractivity contribution in [3.63, 3.8) is 0 Å². The molecule has 2 N–H and O–H groups in total. The van der Waals surface area contributed by atoms with Crippen molar-refractivity contribution < 1.29 is 0 Å². The molecule has 0 saturated carbocycles. The van der Waals surface area contributed by atoms with Gasteiger partial charge in [-0.1, -0.05) is 84.2 Å². The van der Waals surface area contributed by atoms with Crippen LogP contribution in [0, 0.1) is 0 Å². The van der Waals surface area contributed by atoms with Crippen LogP contribution in [0.25, 0.3) is 0 Å². The number of rotatable bonds is 11.